The van der Waals surface area contributed by atoms with Crippen molar-refractivity contribution in [1.82, 2.24) is 4.90 Å². The molecule has 2 saturated heterocycles. The van der Waals surface area contributed by atoms with E-state index in [9.17, 15) is 9.59 Å². The summed E-state index contributed by atoms with van der Waals surface area (Å²) in [5.41, 5.74) is 5.70. The van der Waals surface area contributed by atoms with Crippen molar-refractivity contribution >= 4 is 11.9 Å². The molecule has 0 spiro atoms. The Labute approximate surface area is 87.0 Å². The largest absolute Gasteiger partial charge is 0.481 e. The predicted molar refractivity (Wildman–Crippen MR) is 50.0 cm³/mol. The van der Waals surface area contributed by atoms with Gasteiger partial charge in [-0.2, -0.15) is 0 Å². The molecular weight excluding hydrogens is 200 g/mol. The van der Waals surface area contributed by atoms with Crippen LogP contribution in [0.15, 0.2) is 0 Å². The summed E-state index contributed by atoms with van der Waals surface area (Å²) in [6.45, 7) is 1.37. The van der Waals surface area contributed by atoms with Gasteiger partial charge < -0.3 is 20.5 Å². The maximum atomic E-state index is 11.8. The van der Waals surface area contributed by atoms with Gasteiger partial charge in [-0.1, -0.05) is 0 Å². The van der Waals surface area contributed by atoms with Crippen LogP contribution in [0.1, 0.15) is 0 Å². The van der Waals surface area contributed by atoms with Crippen LogP contribution < -0.4 is 5.73 Å². The Bertz CT molecular complexity index is 288. The minimum absolute atomic E-state index is 0.0718. The second-order valence-corrected chi connectivity index (χ2v) is 4.09. The molecule has 2 aliphatic heterocycles. The predicted octanol–water partition coefficient (Wildman–Crippen LogP) is -1.50. The van der Waals surface area contributed by atoms with Crippen LogP contribution in [0.3, 0.4) is 0 Å². The zero-order valence-electron chi connectivity index (χ0n) is 8.26. The Balaban J connectivity index is 1.86. The number of carbonyl (C=O) groups excluding carboxylic acids is 1. The normalized spacial score (nSPS) is 31.4. The van der Waals surface area contributed by atoms with Gasteiger partial charge in [-0.3, -0.25) is 9.59 Å². The second-order valence-electron chi connectivity index (χ2n) is 4.09. The van der Waals surface area contributed by atoms with Gasteiger partial charge in [-0.25, -0.2) is 0 Å². The molecule has 6 nitrogen and oxygen atoms in total. The van der Waals surface area contributed by atoms with E-state index in [1.165, 1.54) is 4.90 Å². The zero-order chi connectivity index (χ0) is 11.0. The average molecular weight is 214 g/mol. The highest BCUT2D eigenvalue weighted by molar-refractivity contribution is 5.83. The molecule has 84 valence electrons. The lowest BCUT2D eigenvalue weighted by Crippen LogP contribution is -2.56. The fraction of sp³-hybridized carbons (Fsp3) is 0.778. The second kappa shape index (κ2) is 3.79. The molecule has 3 N–H and O–H groups in total. The SMILES string of the molecule is NC1COCC1C(=O)N1CC(C(=O)O)C1. The molecule has 0 aliphatic carbocycles. The first kappa shape index (κ1) is 10.4. The highest BCUT2D eigenvalue weighted by Crippen LogP contribution is 2.22. The van der Waals surface area contributed by atoms with Gasteiger partial charge in [0.15, 0.2) is 0 Å². The Morgan fingerprint density at radius 2 is 2.00 bits per heavy atom. The lowest BCUT2D eigenvalue weighted by molar-refractivity contribution is -0.154. The number of nitrogens with two attached hydrogens (primary N) is 1. The smallest absolute Gasteiger partial charge is 0.310 e. The number of amides is 1. The summed E-state index contributed by atoms with van der Waals surface area (Å²) < 4.78 is 5.09. The summed E-state index contributed by atoms with van der Waals surface area (Å²) in [7, 11) is 0. The van der Waals surface area contributed by atoms with Crippen molar-refractivity contribution in [1.29, 1.82) is 0 Å². The molecule has 0 radical (unpaired) electrons. The van der Waals surface area contributed by atoms with E-state index >= 15 is 0 Å². The summed E-state index contributed by atoms with van der Waals surface area (Å²) in [5, 5.41) is 8.66. The molecule has 0 aromatic rings. The van der Waals surface area contributed by atoms with E-state index in [1.54, 1.807) is 0 Å². The van der Waals surface area contributed by atoms with Crippen LogP contribution in [0.25, 0.3) is 0 Å². The number of ether oxygens (including phenoxy) is 1. The van der Waals surface area contributed by atoms with Crippen LogP contribution in [0.5, 0.6) is 0 Å². The Morgan fingerprint density at radius 1 is 1.33 bits per heavy atom. The molecule has 0 bridgehead atoms. The Kier molecular flexibility index (Phi) is 2.62. The fourth-order valence-electron chi connectivity index (χ4n) is 1.87. The molecule has 15 heavy (non-hydrogen) atoms. The van der Waals surface area contributed by atoms with Crippen LogP contribution in [0.4, 0.5) is 0 Å². The van der Waals surface area contributed by atoms with E-state index in [-0.39, 0.29) is 17.9 Å². The van der Waals surface area contributed by atoms with Gasteiger partial charge in [0, 0.05) is 19.1 Å². The topological polar surface area (TPSA) is 92.9 Å². The molecule has 0 aromatic heterocycles. The van der Waals surface area contributed by atoms with Gasteiger partial charge >= 0.3 is 5.97 Å². The molecule has 2 rings (SSSR count). The van der Waals surface area contributed by atoms with Gasteiger partial charge in [0.2, 0.25) is 5.91 Å². The van der Waals surface area contributed by atoms with Crippen molar-refractivity contribution in [3.05, 3.63) is 0 Å². The minimum Gasteiger partial charge on any atom is -0.481 e. The quantitative estimate of drug-likeness (QED) is 0.583. The van der Waals surface area contributed by atoms with Gasteiger partial charge in [-0.05, 0) is 0 Å². The number of carboxylic acids is 1. The molecule has 2 fully saturated rings. The molecule has 2 aliphatic rings. The Hall–Kier alpha value is -1.14. The van der Waals surface area contributed by atoms with Gasteiger partial charge in [0.1, 0.15) is 0 Å². The first-order valence-electron chi connectivity index (χ1n) is 4.94. The summed E-state index contributed by atoms with van der Waals surface area (Å²) in [6, 6.07) is -0.249. The average Bonchev–Trinajstić information content (AvgIpc) is 2.47. The number of likely N-dealkylation sites (tertiary alicyclic amines) is 1. The van der Waals surface area contributed by atoms with Crippen molar-refractivity contribution in [2.45, 2.75) is 6.04 Å². The maximum absolute atomic E-state index is 11.8. The van der Waals surface area contributed by atoms with Crippen LogP contribution >= 0.6 is 0 Å². The lowest BCUT2D eigenvalue weighted by Gasteiger charge is -2.38. The third-order valence-corrected chi connectivity index (χ3v) is 2.98. The number of rotatable bonds is 2. The highest BCUT2D eigenvalue weighted by Gasteiger charge is 2.41. The van der Waals surface area contributed by atoms with E-state index in [0.717, 1.165) is 0 Å². The molecule has 6 heteroatoms. The summed E-state index contributed by atoms with van der Waals surface area (Å²) in [6.07, 6.45) is 0. The first-order chi connectivity index (χ1) is 7.09. The number of aliphatic carboxylic acids is 1. The van der Waals surface area contributed by atoms with Gasteiger partial charge in [0.25, 0.3) is 0 Å². The number of nitrogens with zero attached hydrogens (tertiary/aromatic N) is 1. The first-order valence-corrected chi connectivity index (χ1v) is 4.94. The van der Waals surface area contributed by atoms with Crippen molar-refractivity contribution in [2.75, 3.05) is 26.3 Å². The highest BCUT2D eigenvalue weighted by atomic mass is 16.5. The molecule has 0 aromatic carbocycles. The molecule has 1 amide bonds. The van der Waals surface area contributed by atoms with Crippen LogP contribution in [-0.4, -0.2) is 54.2 Å². The molecule has 0 saturated carbocycles. The summed E-state index contributed by atoms with van der Waals surface area (Å²) in [5.74, 6) is -1.62. The van der Waals surface area contributed by atoms with Crippen molar-refractivity contribution in [3.63, 3.8) is 0 Å². The molecular formula is C9H14N2O4. The van der Waals surface area contributed by atoms with Gasteiger partial charge in [0.05, 0.1) is 25.0 Å². The minimum atomic E-state index is -0.842. The Morgan fingerprint density at radius 3 is 2.47 bits per heavy atom. The van der Waals surface area contributed by atoms with Crippen LogP contribution in [-0.2, 0) is 14.3 Å². The molecule has 2 atom stereocenters. The summed E-state index contributed by atoms with van der Waals surface area (Å²) >= 11 is 0. The maximum Gasteiger partial charge on any atom is 0.310 e. The third-order valence-electron chi connectivity index (χ3n) is 2.98. The van der Waals surface area contributed by atoms with Crippen LogP contribution in [0.2, 0.25) is 0 Å². The number of hydrogen-bond donors (Lipinski definition) is 2. The molecule has 2 unspecified atom stereocenters. The zero-order valence-corrected chi connectivity index (χ0v) is 8.26. The summed E-state index contributed by atoms with van der Waals surface area (Å²) in [4.78, 5) is 23.9. The van der Waals surface area contributed by atoms with Crippen molar-refractivity contribution in [3.8, 4) is 0 Å². The van der Waals surface area contributed by atoms with E-state index < -0.39 is 11.9 Å². The standard InChI is InChI=1S/C9H14N2O4/c10-7-4-15-3-6(7)8(12)11-1-5(2-11)9(13)14/h5-7H,1-4,10H2,(H,13,14). The van der Waals surface area contributed by atoms with E-state index in [4.69, 9.17) is 15.6 Å². The third kappa shape index (κ3) is 1.82. The van der Waals surface area contributed by atoms with E-state index in [2.05, 4.69) is 0 Å². The number of carbonyl (C=O) groups is 2. The number of carboxylic acid groups (broad SMARTS) is 1. The lowest BCUT2D eigenvalue weighted by atomic mass is 9.95. The molecule has 2 heterocycles. The van der Waals surface area contributed by atoms with Crippen LogP contribution in [0, 0.1) is 11.8 Å². The van der Waals surface area contributed by atoms with Crippen molar-refractivity contribution in [2.24, 2.45) is 17.6 Å². The van der Waals surface area contributed by atoms with Gasteiger partial charge in [-0.15, -0.1) is 0 Å². The fourth-order valence-corrected chi connectivity index (χ4v) is 1.87. The monoisotopic (exact) mass is 214 g/mol. The van der Waals surface area contributed by atoms with E-state index in [0.29, 0.717) is 26.3 Å². The number of hydrogen-bond acceptors (Lipinski definition) is 4. The van der Waals surface area contributed by atoms with E-state index in [1.807, 2.05) is 0 Å². The van der Waals surface area contributed by atoms with Crippen molar-refractivity contribution < 1.29 is 19.4 Å².